The van der Waals surface area contributed by atoms with Gasteiger partial charge in [0, 0.05) is 23.5 Å². The molecule has 0 bridgehead atoms. The van der Waals surface area contributed by atoms with E-state index in [1.54, 1.807) is 0 Å². The molecule has 0 atom stereocenters. The first-order chi connectivity index (χ1) is 19.1. The van der Waals surface area contributed by atoms with Crippen molar-refractivity contribution >= 4 is 23.9 Å². The molecule has 11 nitrogen and oxygen atoms in total. The zero-order valence-corrected chi connectivity index (χ0v) is 26.9. The fraction of sp³-hybridized carbons (Fsp3) is 0.677. The van der Waals surface area contributed by atoms with Crippen LogP contribution in [-0.4, -0.2) is 59.3 Å². The van der Waals surface area contributed by atoms with Gasteiger partial charge in [0.2, 0.25) is 0 Å². The second kappa shape index (κ2) is 13.3. The van der Waals surface area contributed by atoms with Crippen molar-refractivity contribution in [2.45, 2.75) is 123 Å². The van der Waals surface area contributed by atoms with E-state index in [0.29, 0.717) is 19.3 Å². The van der Waals surface area contributed by atoms with Crippen LogP contribution in [0.3, 0.4) is 0 Å². The van der Waals surface area contributed by atoms with Crippen LogP contribution in [0.5, 0.6) is 5.75 Å². The Morgan fingerprint density at radius 1 is 0.857 bits per heavy atom. The molecule has 1 saturated heterocycles. The van der Waals surface area contributed by atoms with Crippen molar-refractivity contribution in [3.05, 3.63) is 28.8 Å². The van der Waals surface area contributed by atoms with Crippen molar-refractivity contribution in [3.8, 4) is 5.75 Å². The molecule has 1 aromatic carbocycles. The quantitative estimate of drug-likeness (QED) is 0.140. The smallest absolute Gasteiger partial charge is 0.426 e. The first kappa shape index (κ1) is 34.9. The molecule has 1 aliphatic heterocycles. The van der Waals surface area contributed by atoms with Crippen LogP contribution >= 0.6 is 0 Å². The van der Waals surface area contributed by atoms with Gasteiger partial charge in [-0.15, -0.1) is 0 Å². The molecule has 0 unspecified atom stereocenters. The third kappa shape index (κ3) is 10.8. The number of hydrogen-bond donors (Lipinski definition) is 5. The number of hydrogen-bond acceptors (Lipinski definition) is 8. The normalized spacial score (nSPS) is 16.7. The molecule has 5 N–H and O–H groups in total. The molecule has 0 spiro atoms. The van der Waals surface area contributed by atoms with Gasteiger partial charge in [0.25, 0.3) is 0 Å². The largest absolute Gasteiger partial charge is 0.507 e. The Hall–Kier alpha value is -3.34. The van der Waals surface area contributed by atoms with Crippen LogP contribution in [0.1, 0.15) is 105 Å². The minimum Gasteiger partial charge on any atom is -0.507 e. The van der Waals surface area contributed by atoms with Crippen molar-refractivity contribution in [1.29, 1.82) is 0 Å². The zero-order chi connectivity index (χ0) is 32.1. The summed E-state index contributed by atoms with van der Waals surface area (Å²) < 4.78 is 10.1. The van der Waals surface area contributed by atoms with Crippen LogP contribution in [0.25, 0.3) is 0 Å². The molecule has 1 aromatic rings. The van der Waals surface area contributed by atoms with E-state index in [0.717, 1.165) is 16.7 Å². The molecule has 42 heavy (non-hydrogen) atoms. The van der Waals surface area contributed by atoms with E-state index in [1.165, 1.54) is 0 Å². The summed E-state index contributed by atoms with van der Waals surface area (Å²) in [6, 6.07) is 3.65. The lowest BCUT2D eigenvalue weighted by atomic mass is 9.78. The maximum absolute atomic E-state index is 12.3. The third-order valence-corrected chi connectivity index (χ3v) is 6.99. The van der Waals surface area contributed by atoms with Crippen LogP contribution in [-0.2, 0) is 41.1 Å². The van der Waals surface area contributed by atoms with Gasteiger partial charge >= 0.3 is 23.9 Å². The number of phenols is 1. The maximum atomic E-state index is 12.3. The van der Waals surface area contributed by atoms with Crippen molar-refractivity contribution in [3.63, 3.8) is 0 Å². The third-order valence-electron chi connectivity index (χ3n) is 6.99. The molecule has 0 radical (unpaired) electrons. The Balaban J connectivity index is 1.74. The minimum absolute atomic E-state index is 0.112. The highest BCUT2D eigenvalue weighted by Crippen LogP contribution is 2.40. The van der Waals surface area contributed by atoms with E-state index >= 15 is 0 Å². The van der Waals surface area contributed by atoms with Crippen LogP contribution in [0.2, 0.25) is 0 Å². The fourth-order valence-corrected chi connectivity index (χ4v) is 5.47. The van der Waals surface area contributed by atoms with Gasteiger partial charge in [-0.05, 0) is 74.5 Å². The first-order valence-corrected chi connectivity index (χ1v) is 14.4. The lowest BCUT2D eigenvalue weighted by Gasteiger charge is -2.46. The number of hydrazine groups is 1. The molecule has 0 aliphatic carbocycles. The van der Waals surface area contributed by atoms with Gasteiger partial charge in [0.05, 0.1) is 0 Å². The highest BCUT2D eigenvalue weighted by molar-refractivity contribution is 6.35. The summed E-state index contributed by atoms with van der Waals surface area (Å²) in [6.07, 6.45) is 0.835. The highest BCUT2D eigenvalue weighted by atomic mass is 16.6. The minimum atomic E-state index is -1.02. The number of aryl methyl sites for hydroxylation is 1. The molecule has 0 aromatic heterocycles. The highest BCUT2D eigenvalue weighted by Gasteiger charge is 2.38. The number of nitrogens with one attached hydrogen (secondary N) is 4. The molecular formula is C31H50N4O7. The van der Waals surface area contributed by atoms with Gasteiger partial charge in [-0.1, -0.05) is 53.7 Å². The van der Waals surface area contributed by atoms with E-state index in [-0.39, 0.29) is 53.3 Å². The summed E-state index contributed by atoms with van der Waals surface area (Å²) in [7, 11) is 0. The predicted molar refractivity (Wildman–Crippen MR) is 160 cm³/mol. The number of carbonyl (C=O) groups is 4. The fourth-order valence-electron chi connectivity index (χ4n) is 5.47. The van der Waals surface area contributed by atoms with Crippen LogP contribution < -0.4 is 21.5 Å². The molecule has 236 valence electrons. The summed E-state index contributed by atoms with van der Waals surface area (Å²) in [6.45, 7) is 19.9. The van der Waals surface area contributed by atoms with Gasteiger partial charge in [0.15, 0.2) is 0 Å². The summed E-state index contributed by atoms with van der Waals surface area (Å²) in [5.41, 5.74) is 5.62. The number of rotatable bonds is 7. The Kier molecular flexibility index (Phi) is 11.0. The Bertz CT molecular complexity index is 1110. The van der Waals surface area contributed by atoms with Crippen molar-refractivity contribution < 1.29 is 33.8 Å². The van der Waals surface area contributed by atoms with E-state index in [9.17, 15) is 24.3 Å². The molecule has 2 rings (SSSR count). The first-order valence-electron chi connectivity index (χ1n) is 14.4. The van der Waals surface area contributed by atoms with Crippen LogP contribution in [0.15, 0.2) is 12.1 Å². The van der Waals surface area contributed by atoms with Gasteiger partial charge in [0.1, 0.15) is 19.0 Å². The number of amides is 3. The molecule has 11 heteroatoms. The molecule has 3 amide bonds. The standard InChI is InChI=1S/C31H50N4O7/c1-28(2,3)21-15-19(16-22(24(21)37)29(4,5)6)11-12-23(36)41-13-14-42-27(40)34-33-26(39)25(38)32-20-17-30(7,8)35-31(9,10)18-20/h15-16,20,35,37H,11-14,17-18H2,1-10H3,(H,32,38)(H,33,39)(H,34,40). The number of ether oxygens (including phenoxy) is 2. The zero-order valence-electron chi connectivity index (χ0n) is 26.9. The summed E-state index contributed by atoms with van der Waals surface area (Å²) >= 11 is 0. The van der Waals surface area contributed by atoms with Crippen molar-refractivity contribution in [2.75, 3.05) is 13.2 Å². The molecule has 1 fully saturated rings. The predicted octanol–water partition coefficient (Wildman–Crippen LogP) is 3.65. The van der Waals surface area contributed by atoms with E-state index in [4.69, 9.17) is 9.47 Å². The van der Waals surface area contributed by atoms with Gasteiger partial charge in [-0.3, -0.25) is 19.8 Å². The molecular weight excluding hydrogens is 540 g/mol. The Labute approximate surface area is 249 Å². The topological polar surface area (TPSA) is 155 Å². The lowest BCUT2D eigenvalue weighted by molar-refractivity contribution is -0.144. The number of esters is 1. The Morgan fingerprint density at radius 2 is 1.36 bits per heavy atom. The molecule has 0 saturated carbocycles. The summed E-state index contributed by atoms with van der Waals surface area (Å²) in [5.74, 6) is -2.06. The van der Waals surface area contributed by atoms with Crippen LogP contribution in [0.4, 0.5) is 4.79 Å². The van der Waals surface area contributed by atoms with Gasteiger partial charge in [-0.2, -0.15) is 0 Å². The van der Waals surface area contributed by atoms with E-state index in [2.05, 4.69) is 10.6 Å². The second-order valence-electron chi connectivity index (χ2n) is 14.4. The van der Waals surface area contributed by atoms with Gasteiger partial charge in [-0.25, -0.2) is 10.2 Å². The number of benzene rings is 1. The van der Waals surface area contributed by atoms with Crippen molar-refractivity contribution in [2.24, 2.45) is 0 Å². The van der Waals surface area contributed by atoms with E-state index in [1.807, 2.05) is 92.2 Å². The SMILES string of the molecule is CC1(C)CC(NC(=O)C(=O)NNC(=O)OCCOC(=O)CCc2cc(C(C)(C)C)c(O)c(C(C)(C)C)c2)CC(C)(C)N1. The maximum Gasteiger partial charge on any atom is 0.426 e. The van der Waals surface area contributed by atoms with Crippen LogP contribution in [0, 0.1) is 0 Å². The number of carbonyl (C=O) groups excluding carboxylic acids is 4. The Morgan fingerprint density at radius 3 is 1.86 bits per heavy atom. The van der Waals surface area contributed by atoms with E-state index < -0.39 is 23.9 Å². The number of phenolic OH excluding ortho intramolecular Hbond substituents is 1. The number of aromatic hydroxyl groups is 1. The average Bonchev–Trinajstić information content (AvgIpc) is 2.80. The number of piperidine rings is 1. The summed E-state index contributed by atoms with van der Waals surface area (Å²) in [4.78, 5) is 48.6. The van der Waals surface area contributed by atoms with Crippen molar-refractivity contribution in [1.82, 2.24) is 21.5 Å². The monoisotopic (exact) mass is 590 g/mol. The molecule has 1 heterocycles. The lowest BCUT2D eigenvalue weighted by Crippen LogP contribution is -2.63. The second-order valence-corrected chi connectivity index (χ2v) is 14.4. The average molecular weight is 591 g/mol. The molecule has 1 aliphatic rings. The summed E-state index contributed by atoms with van der Waals surface area (Å²) in [5, 5.41) is 17.1. The van der Waals surface area contributed by atoms with Gasteiger partial charge < -0.3 is 25.2 Å².